The lowest BCUT2D eigenvalue weighted by Gasteiger charge is -2.20. The maximum atomic E-state index is 6.19. The molecule has 0 radical (unpaired) electrons. The van der Waals surface area contributed by atoms with E-state index in [2.05, 4.69) is 52.2 Å². The van der Waals surface area contributed by atoms with E-state index in [0.29, 0.717) is 0 Å². The zero-order valence-electron chi connectivity index (χ0n) is 12.3. The number of benzene rings is 2. The molecule has 0 spiro atoms. The van der Waals surface area contributed by atoms with Crippen molar-refractivity contribution >= 4 is 32.3 Å². The topological polar surface area (TPSA) is 26.0 Å². The molecule has 0 saturated heterocycles. The van der Waals surface area contributed by atoms with Gasteiger partial charge in [-0.3, -0.25) is 0 Å². The molecule has 0 N–H and O–H groups in total. The fourth-order valence-corrected chi connectivity index (χ4v) is 4.19. The Labute approximate surface area is 131 Å². The van der Waals surface area contributed by atoms with Crippen molar-refractivity contribution in [2.75, 3.05) is 0 Å². The summed E-state index contributed by atoms with van der Waals surface area (Å²) in [4.78, 5) is 5.54. The van der Waals surface area contributed by atoms with Crippen LogP contribution in [0.2, 0.25) is 0 Å². The maximum Gasteiger partial charge on any atom is 0.288 e. The van der Waals surface area contributed by atoms with Crippen LogP contribution in [-0.4, -0.2) is 4.98 Å². The summed E-state index contributed by atoms with van der Waals surface area (Å²) in [6.07, 6.45) is 1.89. The highest BCUT2D eigenvalue weighted by molar-refractivity contribution is 7.17. The molecule has 0 atom stereocenters. The van der Waals surface area contributed by atoms with Gasteiger partial charge in [-0.2, -0.15) is 0 Å². The van der Waals surface area contributed by atoms with Crippen LogP contribution >= 0.6 is 11.3 Å². The monoisotopic (exact) mass is 305 g/mol. The molecule has 0 fully saturated rings. The Hall–Kier alpha value is -2.46. The number of rotatable bonds is 0. The average molecular weight is 305 g/mol. The van der Waals surface area contributed by atoms with E-state index in [0.717, 1.165) is 21.7 Å². The summed E-state index contributed by atoms with van der Waals surface area (Å²) in [6.45, 7) is 2.17. The number of thiophene rings is 1. The average Bonchev–Trinajstić information content (AvgIpc) is 2.94. The molecule has 5 rings (SSSR count). The summed E-state index contributed by atoms with van der Waals surface area (Å²) < 4.78 is 8.29. The minimum atomic E-state index is 0.917. The first-order valence-electron chi connectivity index (χ1n) is 7.20. The predicted octanol–water partition coefficient (Wildman–Crippen LogP) is 4.36. The number of fused-ring (bicyclic) bond motifs is 3. The third-order valence-electron chi connectivity index (χ3n) is 4.41. The van der Waals surface area contributed by atoms with Crippen molar-refractivity contribution in [3.05, 3.63) is 47.6 Å². The number of aromatic nitrogens is 2. The fraction of sp³-hybridized carbons (Fsp3) is 0.111. The minimum Gasteiger partial charge on any atom is -0.455 e. The van der Waals surface area contributed by atoms with Crippen LogP contribution in [0.15, 0.2) is 42.0 Å². The molecule has 2 aromatic heterocycles. The molecular formula is C18H13N2OS+. The molecule has 0 amide bonds. The van der Waals surface area contributed by atoms with Crippen LogP contribution in [0.1, 0.15) is 5.56 Å². The molecule has 0 saturated carbocycles. The van der Waals surface area contributed by atoms with Gasteiger partial charge in [0.25, 0.3) is 6.33 Å². The van der Waals surface area contributed by atoms with Crippen LogP contribution in [0.3, 0.4) is 0 Å². The molecule has 4 heteroatoms. The van der Waals surface area contributed by atoms with Crippen molar-refractivity contribution in [2.24, 2.45) is 7.05 Å². The highest BCUT2D eigenvalue weighted by atomic mass is 32.1. The van der Waals surface area contributed by atoms with Crippen molar-refractivity contribution in [3.63, 3.8) is 0 Å². The molecule has 3 heterocycles. The summed E-state index contributed by atoms with van der Waals surface area (Å²) in [5, 5.41) is 5.66. The molecule has 106 valence electrons. The van der Waals surface area contributed by atoms with Gasteiger partial charge in [0.05, 0.1) is 12.6 Å². The van der Waals surface area contributed by atoms with E-state index in [9.17, 15) is 0 Å². The van der Waals surface area contributed by atoms with Gasteiger partial charge in [0.15, 0.2) is 11.4 Å². The van der Waals surface area contributed by atoms with Gasteiger partial charge in [-0.25, -0.2) is 4.57 Å². The second kappa shape index (κ2) is 4.05. The number of aryl methyl sites for hydroxylation is 2. The van der Waals surface area contributed by atoms with E-state index in [4.69, 9.17) is 4.74 Å². The van der Waals surface area contributed by atoms with Crippen LogP contribution in [0.4, 0.5) is 0 Å². The van der Waals surface area contributed by atoms with E-state index in [1.54, 1.807) is 11.3 Å². The molecule has 0 unspecified atom stereocenters. The standard InChI is InChI=1S/C18H13N2OS/c1-10-12-6-4-3-5-11(12)7-13-15(10)17-16-14(21-13)8-22-18(16)19-9-20(17)2/h3-9H,1-2H3/q+1. The fourth-order valence-electron chi connectivity index (χ4n) is 3.39. The molecule has 1 aliphatic heterocycles. The zero-order valence-corrected chi connectivity index (χ0v) is 13.1. The van der Waals surface area contributed by atoms with E-state index in [1.165, 1.54) is 27.6 Å². The Bertz CT molecular complexity index is 1080. The van der Waals surface area contributed by atoms with Crippen LogP contribution in [0.25, 0.3) is 32.2 Å². The van der Waals surface area contributed by atoms with E-state index >= 15 is 0 Å². The lowest BCUT2D eigenvalue weighted by molar-refractivity contribution is -0.662. The Morgan fingerprint density at radius 2 is 2.05 bits per heavy atom. The van der Waals surface area contributed by atoms with Crippen LogP contribution in [0, 0.1) is 6.92 Å². The summed E-state index contributed by atoms with van der Waals surface area (Å²) in [5.74, 6) is 1.85. The lowest BCUT2D eigenvalue weighted by atomic mass is 9.94. The van der Waals surface area contributed by atoms with Crippen LogP contribution < -0.4 is 9.30 Å². The summed E-state index contributed by atoms with van der Waals surface area (Å²) >= 11 is 1.63. The molecule has 1 aliphatic rings. The quantitative estimate of drug-likeness (QED) is 0.397. The molecule has 0 bridgehead atoms. The highest BCUT2D eigenvalue weighted by Gasteiger charge is 2.30. The predicted molar refractivity (Wildman–Crippen MR) is 88.5 cm³/mol. The van der Waals surface area contributed by atoms with Crippen molar-refractivity contribution < 1.29 is 9.30 Å². The number of nitrogens with zero attached hydrogens (tertiary/aromatic N) is 2. The van der Waals surface area contributed by atoms with Crippen molar-refractivity contribution in [3.8, 4) is 22.8 Å². The van der Waals surface area contributed by atoms with Crippen molar-refractivity contribution in [2.45, 2.75) is 6.92 Å². The Morgan fingerprint density at radius 1 is 1.18 bits per heavy atom. The van der Waals surface area contributed by atoms with Crippen molar-refractivity contribution in [1.29, 1.82) is 0 Å². The Balaban J connectivity index is 2.02. The lowest BCUT2D eigenvalue weighted by Crippen LogP contribution is -2.32. The van der Waals surface area contributed by atoms with Gasteiger partial charge in [0.2, 0.25) is 4.83 Å². The number of ether oxygens (including phenoxy) is 1. The summed E-state index contributed by atoms with van der Waals surface area (Å²) in [6, 6.07) is 10.6. The first-order valence-corrected chi connectivity index (χ1v) is 8.08. The van der Waals surface area contributed by atoms with Gasteiger partial charge in [-0.1, -0.05) is 35.6 Å². The van der Waals surface area contributed by atoms with Gasteiger partial charge in [0, 0.05) is 5.38 Å². The van der Waals surface area contributed by atoms with Gasteiger partial charge < -0.3 is 4.74 Å². The molecule has 0 aliphatic carbocycles. The number of hydrogen-bond acceptors (Lipinski definition) is 3. The SMILES string of the molecule is Cc1c2c(cc3ccccc13)Oc1csc3nc[n+](C)c-2c13. The van der Waals surface area contributed by atoms with Gasteiger partial charge in [0.1, 0.15) is 11.1 Å². The third-order valence-corrected chi connectivity index (χ3v) is 5.27. The first kappa shape index (κ1) is 12.1. The molecule has 4 aromatic rings. The molecule has 22 heavy (non-hydrogen) atoms. The highest BCUT2D eigenvalue weighted by Crippen LogP contribution is 2.49. The first-order chi connectivity index (χ1) is 10.7. The van der Waals surface area contributed by atoms with Crippen LogP contribution in [-0.2, 0) is 7.05 Å². The second-order valence-electron chi connectivity index (χ2n) is 5.68. The van der Waals surface area contributed by atoms with Crippen molar-refractivity contribution in [1.82, 2.24) is 4.98 Å². The van der Waals surface area contributed by atoms with Crippen LogP contribution in [0.5, 0.6) is 11.5 Å². The Morgan fingerprint density at radius 3 is 2.95 bits per heavy atom. The van der Waals surface area contributed by atoms with E-state index in [1.807, 2.05) is 13.4 Å². The molecule has 2 aromatic carbocycles. The smallest absolute Gasteiger partial charge is 0.288 e. The largest absolute Gasteiger partial charge is 0.455 e. The normalized spacial score (nSPS) is 12.5. The van der Waals surface area contributed by atoms with Gasteiger partial charge in [-0.15, -0.1) is 0 Å². The second-order valence-corrected chi connectivity index (χ2v) is 6.54. The van der Waals surface area contributed by atoms with Gasteiger partial charge in [-0.05, 0) is 34.3 Å². The van der Waals surface area contributed by atoms with E-state index in [-0.39, 0.29) is 0 Å². The maximum absolute atomic E-state index is 6.19. The summed E-state index contributed by atoms with van der Waals surface area (Å²) in [7, 11) is 2.05. The molecular weight excluding hydrogens is 292 g/mol. The Kier molecular flexibility index (Phi) is 2.23. The molecule has 3 nitrogen and oxygen atoms in total. The zero-order chi connectivity index (χ0) is 14.8. The summed E-state index contributed by atoms with van der Waals surface area (Å²) in [5.41, 5.74) is 3.64. The number of hydrogen-bond donors (Lipinski definition) is 0. The van der Waals surface area contributed by atoms with Gasteiger partial charge >= 0.3 is 0 Å². The third kappa shape index (κ3) is 1.40. The minimum absolute atomic E-state index is 0.917. The van der Waals surface area contributed by atoms with E-state index < -0.39 is 0 Å².